The number of anilines is 2. The molecule has 1 aromatic heterocycles. The standard InChI is InChI=1S/C18H22N4O2/c1-22(2)13-18(24)21-16-6-4-15(5-7-16)20-17(23)8-3-14-9-11-19-12-10-14/h4-7,9-12H,3,8,13H2,1-2H3,(H,20,23)(H,21,24). The Morgan fingerprint density at radius 2 is 1.46 bits per heavy atom. The Morgan fingerprint density at radius 3 is 2.00 bits per heavy atom. The van der Waals surface area contributed by atoms with Gasteiger partial charge in [-0.3, -0.25) is 14.6 Å². The smallest absolute Gasteiger partial charge is 0.238 e. The molecule has 126 valence electrons. The predicted octanol–water partition coefficient (Wildman–Crippen LogP) is 2.15. The van der Waals surface area contributed by atoms with E-state index in [4.69, 9.17) is 0 Å². The van der Waals surface area contributed by atoms with Crippen LogP contribution < -0.4 is 10.6 Å². The minimum atomic E-state index is -0.0749. The summed E-state index contributed by atoms with van der Waals surface area (Å²) in [6.45, 7) is 0.327. The molecule has 0 fully saturated rings. The molecule has 0 unspecified atom stereocenters. The molecule has 0 aliphatic carbocycles. The number of carbonyl (C=O) groups excluding carboxylic acids is 2. The maximum atomic E-state index is 12.0. The highest BCUT2D eigenvalue weighted by molar-refractivity contribution is 5.93. The summed E-state index contributed by atoms with van der Waals surface area (Å²) in [6, 6.07) is 10.9. The van der Waals surface area contributed by atoms with Crippen molar-refractivity contribution >= 4 is 23.2 Å². The van der Waals surface area contributed by atoms with Gasteiger partial charge in [0.05, 0.1) is 6.54 Å². The molecule has 2 rings (SSSR count). The van der Waals surface area contributed by atoms with E-state index in [0.29, 0.717) is 30.8 Å². The van der Waals surface area contributed by atoms with Crippen LogP contribution in [0.4, 0.5) is 11.4 Å². The van der Waals surface area contributed by atoms with Gasteiger partial charge < -0.3 is 15.5 Å². The van der Waals surface area contributed by atoms with E-state index >= 15 is 0 Å². The van der Waals surface area contributed by atoms with Crippen molar-refractivity contribution in [3.05, 3.63) is 54.4 Å². The Bertz CT molecular complexity index is 669. The number of amides is 2. The van der Waals surface area contributed by atoms with Crippen LogP contribution in [0.15, 0.2) is 48.8 Å². The molecule has 6 nitrogen and oxygen atoms in total. The van der Waals surface area contributed by atoms with Crippen LogP contribution in [0.1, 0.15) is 12.0 Å². The van der Waals surface area contributed by atoms with Crippen molar-refractivity contribution in [1.29, 1.82) is 0 Å². The van der Waals surface area contributed by atoms with Crippen molar-refractivity contribution in [1.82, 2.24) is 9.88 Å². The van der Waals surface area contributed by atoms with Gasteiger partial charge >= 0.3 is 0 Å². The Balaban J connectivity index is 1.80. The maximum Gasteiger partial charge on any atom is 0.238 e. The molecule has 0 bridgehead atoms. The number of aromatic nitrogens is 1. The van der Waals surface area contributed by atoms with E-state index in [1.165, 1.54) is 0 Å². The quantitative estimate of drug-likeness (QED) is 0.817. The van der Waals surface area contributed by atoms with E-state index in [1.807, 2.05) is 26.2 Å². The first kappa shape index (κ1) is 17.6. The summed E-state index contributed by atoms with van der Waals surface area (Å²) in [5.41, 5.74) is 2.50. The van der Waals surface area contributed by atoms with Gasteiger partial charge in [-0.1, -0.05) is 0 Å². The highest BCUT2D eigenvalue weighted by atomic mass is 16.2. The van der Waals surface area contributed by atoms with Crippen molar-refractivity contribution in [2.75, 3.05) is 31.3 Å². The van der Waals surface area contributed by atoms with Crippen LogP contribution in [0.5, 0.6) is 0 Å². The molecule has 24 heavy (non-hydrogen) atoms. The largest absolute Gasteiger partial charge is 0.326 e. The van der Waals surface area contributed by atoms with Crippen molar-refractivity contribution in [2.45, 2.75) is 12.8 Å². The number of hydrogen-bond donors (Lipinski definition) is 2. The number of pyridine rings is 1. The molecule has 0 saturated heterocycles. The highest BCUT2D eigenvalue weighted by Gasteiger charge is 2.05. The van der Waals surface area contributed by atoms with Crippen LogP contribution in [0.25, 0.3) is 0 Å². The molecule has 0 aliphatic rings. The summed E-state index contributed by atoms with van der Waals surface area (Å²) in [6.07, 6.45) is 4.52. The zero-order valence-corrected chi connectivity index (χ0v) is 14.0. The third-order valence-corrected chi connectivity index (χ3v) is 3.30. The number of benzene rings is 1. The number of rotatable bonds is 7. The van der Waals surface area contributed by atoms with Crippen molar-refractivity contribution < 1.29 is 9.59 Å². The normalized spacial score (nSPS) is 10.5. The molecule has 2 N–H and O–H groups in total. The van der Waals surface area contributed by atoms with Gasteiger partial charge in [0, 0.05) is 30.2 Å². The van der Waals surface area contributed by atoms with Crippen LogP contribution in [0.3, 0.4) is 0 Å². The Kier molecular flexibility index (Phi) is 6.45. The molecule has 0 atom stereocenters. The number of nitrogens with one attached hydrogen (secondary N) is 2. The molecule has 0 spiro atoms. The summed E-state index contributed by atoms with van der Waals surface area (Å²) in [4.78, 5) is 29.4. The van der Waals surface area contributed by atoms with E-state index in [1.54, 1.807) is 41.6 Å². The van der Waals surface area contributed by atoms with E-state index in [9.17, 15) is 9.59 Å². The van der Waals surface area contributed by atoms with Gasteiger partial charge in [-0.15, -0.1) is 0 Å². The van der Waals surface area contributed by atoms with E-state index in [2.05, 4.69) is 15.6 Å². The lowest BCUT2D eigenvalue weighted by atomic mass is 10.1. The second-order valence-electron chi connectivity index (χ2n) is 5.77. The zero-order valence-electron chi connectivity index (χ0n) is 14.0. The summed E-state index contributed by atoms with van der Waals surface area (Å²) in [7, 11) is 3.67. The minimum absolute atomic E-state index is 0.0452. The number of nitrogens with zero attached hydrogens (tertiary/aromatic N) is 2. The number of likely N-dealkylation sites (N-methyl/N-ethyl adjacent to an activating group) is 1. The van der Waals surface area contributed by atoms with Gasteiger partial charge in [-0.05, 0) is 62.5 Å². The van der Waals surface area contributed by atoms with Gasteiger partial charge in [0.15, 0.2) is 0 Å². The molecule has 2 aromatic rings. The van der Waals surface area contributed by atoms with Crippen molar-refractivity contribution in [2.24, 2.45) is 0 Å². The summed E-state index contributed by atoms with van der Waals surface area (Å²) in [5.74, 6) is -0.120. The van der Waals surface area contributed by atoms with Crippen molar-refractivity contribution in [3.63, 3.8) is 0 Å². The van der Waals surface area contributed by atoms with E-state index in [0.717, 1.165) is 5.56 Å². The van der Waals surface area contributed by atoms with Crippen LogP contribution >= 0.6 is 0 Å². The van der Waals surface area contributed by atoms with Gasteiger partial charge in [0.2, 0.25) is 11.8 Å². The molecule has 6 heteroatoms. The van der Waals surface area contributed by atoms with Crippen LogP contribution in [-0.4, -0.2) is 42.3 Å². The molecule has 1 aromatic carbocycles. The molecular weight excluding hydrogens is 304 g/mol. The molecule has 0 radical (unpaired) electrons. The molecule has 0 saturated carbocycles. The fraction of sp³-hybridized carbons (Fsp3) is 0.278. The minimum Gasteiger partial charge on any atom is -0.326 e. The fourth-order valence-corrected chi connectivity index (χ4v) is 2.16. The Morgan fingerprint density at radius 1 is 0.917 bits per heavy atom. The van der Waals surface area contributed by atoms with Gasteiger partial charge in [-0.25, -0.2) is 0 Å². The highest BCUT2D eigenvalue weighted by Crippen LogP contribution is 2.14. The summed E-state index contributed by atoms with van der Waals surface area (Å²) >= 11 is 0. The lowest BCUT2D eigenvalue weighted by Crippen LogP contribution is -2.27. The topological polar surface area (TPSA) is 74.3 Å². The van der Waals surface area contributed by atoms with E-state index < -0.39 is 0 Å². The number of hydrogen-bond acceptors (Lipinski definition) is 4. The Labute approximate surface area is 141 Å². The molecule has 0 aliphatic heterocycles. The first-order chi connectivity index (χ1) is 11.5. The van der Waals surface area contributed by atoms with Crippen LogP contribution in [0, 0.1) is 0 Å². The second-order valence-corrected chi connectivity index (χ2v) is 5.77. The van der Waals surface area contributed by atoms with Gasteiger partial charge in [0.1, 0.15) is 0 Å². The zero-order chi connectivity index (χ0) is 17.4. The van der Waals surface area contributed by atoms with E-state index in [-0.39, 0.29) is 11.8 Å². The van der Waals surface area contributed by atoms with Gasteiger partial charge in [0.25, 0.3) is 0 Å². The first-order valence-electron chi connectivity index (χ1n) is 7.76. The lowest BCUT2D eigenvalue weighted by molar-refractivity contribution is -0.117. The average molecular weight is 326 g/mol. The second kappa shape index (κ2) is 8.79. The van der Waals surface area contributed by atoms with Gasteiger partial charge in [-0.2, -0.15) is 0 Å². The van der Waals surface area contributed by atoms with Crippen LogP contribution in [0.2, 0.25) is 0 Å². The number of carbonyl (C=O) groups is 2. The predicted molar refractivity (Wildman–Crippen MR) is 94.8 cm³/mol. The monoisotopic (exact) mass is 326 g/mol. The summed E-state index contributed by atoms with van der Waals surface area (Å²) < 4.78 is 0. The maximum absolute atomic E-state index is 12.0. The van der Waals surface area contributed by atoms with Crippen LogP contribution in [-0.2, 0) is 16.0 Å². The molecule has 1 heterocycles. The number of aryl methyl sites for hydroxylation is 1. The third-order valence-electron chi connectivity index (χ3n) is 3.30. The summed E-state index contributed by atoms with van der Waals surface area (Å²) in [5, 5.41) is 5.65. The molecular formula is C18H22N4O2. The lowest BCUT2D eigenvalue weighted by Gasteiger charge is -2.11. The SMILES string of the molecule is CN(C)CC(=O)Nc1ccc(NC(=O)CCc2ccncc2)cc1. The Hall–Kier alpha value is -2.73. The van der Waals surface area contributed by atoms with Crippen molar-refractivity contribution in [3.8, 4) is 0 Å². The fourth-order valence-electron chi connectivity index (χ4n) is 2.16. The molecule has 2 amide bonds. The first-order valence-corrected chi connectivity index (χ1v) is 7.76. The average Bonchev–Trinajstić information content (AvgIpc) is 2.55. The third kappa shape index (κ3) is 6.18.